The van der Waals surface area contributed by atoms with Crippen LogP contribution in [0, 0.1) is 5.92 Å². The third-order valence-electron chi connectivity index (χ3n) is 4.23. The minimum atomic E-state index is -0.483. The highest BCUT2D eigenvalue weighted by molar-refractivity contribution is 9.11. The van der Waals surface area contributed by atoms with Crippen LogP contribution in [0.15, 0.2) is 63.5 Å². The number of benzene rings is 3. The molecule has 2 amide bonds. The number of hydrazine groups is 1. The van der Waals surface area contributed by atoms with Gasteiger partial charge in [-0.25, -0.2) is 0 Å². The van der Waals surface area contributed by atoms with E-state index in [1.54, 1.807) is 30.3 Å². The maximum absolute atomic E-state index is 12.3. The number of hydrogen-bond donors (Lipinski definition) is 2. The molecule has 31 heavy (non-hydrogen) atoms. The summed E-state index contributed by atoms with van der Waals surface area (Å²) in [5.41, 5.74) is 5.13. The van der Waals surface area contributed by atoms with Crippen LogP contribution in [0.3, 0.4) is 0 Å². The average Bonchev–Trinajstić information content (AvgIpc) is 2.75. The SMILES string of the molecule is CC(C)COc1cccc(C(=O)NNC(=O)COc2ccc3cc(Br)ccc3c2Br)c1. The van der Waals surface area contributed by atoms with Gasteiger partial charge in [-0.1, -0.05) is 48.0 Å². The minimum absolute atomic E-state index is 0.252. The van der Waals surface area contributed by atoms with Crippen molar-refractivity contribution in [3.05, 3.63) is 69.1 Å². The van der Waals surface area contributed by atoms with Gasteiger partial charge in [0.25, 0.3) is 11.8 Å². The molecule has 3 aromatic carbocycles. The second kappa shape index (κ2) is 10.6. The standard InChI is InChI=1S/C23H22Br2N2O4/c1-14(2)12-30-18-5-3-4-16(11-18)23(29)27-26-21(28)13-31-20-9-6-15-10-17(24)7-8-19(15)22(20)25/h3-11,14H,12-13H2,1-2H3,(H,26,28)(H,27,29). The Morgan fingerprint density at radius 2 is 1.77 bits per heavy atom. The van der Waals surface area contributed by atoms with Crippen molar-refractivity contribution in [3.63, 3.8) is 0 Å². The number of rotatable bonds is 7. The van der Waals surface area contributed by atoms with Crippen LogP contribution in [0.5, 0.6) is 11.5 Å². The topological polar surface area (TPSA) is 76.7 Å². The van der Waals surface area contributed by atoms with Gasteiger partial charge >= 0.3 is 0 Å². The molecule has 0 bridgehead atoms. The summed E-state index contributed by atoms with van der Waals surface area (Å²) < 4.78 is 13.0. The van der Waals surface area contributed by atoms with E-state index in [9.17, 15) is 9.59 Å². The summed E-state index contributed by atoms with van der Waals surface area (Å²) in [4.78, 5) is 24.4. The van der Waals surface area contributed by atoms with Gasteiger partial charge in [-0.05, 0) is 69.0 Å². The van der Waals surface area contributed by atoms with E-state index in [1.807, 2.05) is 38.1 Å². The van der Waals surface area contributed by atoms with Crippen LogP contribution in [-0.2, 0) is 4.79 Å². The van der Waals surface area contributed by atoms with Crippen molar-refractivity contribution in [2.75, 3.05) is 13.2 Å². The summed E-state index contributed by atoms with van der Waals surface area (Å²) in [5.74, 6) is 0.584. The first-order chi connectivity index (χ1) is 14.8. The molecule has 8 heteroatoms. The lowest BCUT2D eigenvalue weighted by atomic mass is 10.1. The molecule has 0 spiro atoms. The van der Waals surface area contributed by atoms with Crippen LogP contribution >= 0.6 is 31.9 Å². The van der Waals surface area contributed by atoms with Gasteiger partial charge in [0.1, 0.15) is 11.5 Å². The molecule has 0 saturated heterocycles. The van der Waals surface area contributed by atoms with Gasteiger partial charge in [0.15, 0.2) is 6.61 Å². The van der Waals surface area contributed by atoms with Crippen LogP contribution < -0.4 is 20.3 Å². The maximum Gasteiger partial charge on any atom is 0.276 e. The van der Waals surface area contributed by atoms with Gasteiger partial charge in [-0.3, -0.25) is 20.4 Å². The molecule has 0 atom stereocenters. The lowest BCUT2D eigenvalue weighted by molar-refractivity contribution is -0.123. The monoisotopic (exact) mass is 548 g/mol. The largest absolute Gasteiger partial charge is 0.493 e. The number of fused-ring (bicyclic) bond motifs is 1. The molecule has 0 fully saturated rings. The number of hydrogen-bond acceptors (Lipinski definition) is 4. The van der Waals surface area contributed by atoms with Crippen LogP contribution in [-0.4, -0.2) is 25.0 Å². The van der Waals surface area contributed by atoms with Crippen molar-refractivity contribution in [3.8, 4) is 11.5 Å². The Kier molecular flexibility index (Phi) is 7.92. The zero-order valence-corrected chi connectivity index (χ0v) is 20.2. The maximum atomic E-state index is 12.3. The predicted molar refractivity (Wildman–Crippen MR) is 127 cm³/mol. The number of amides is 2. The van der Waals surface area contributed by atoms with E-state index in [2.05, 4.69) is 42.7 Å². The lowest BCUT2D eigenvalue weighted by Gasteiger charge is -2.12. The molecule has 0 aromatic heterocycles. The van der Waals surface area contributed by atoms with Crippen molar-refractivity contribution in [2.45, 2.75) is 13.8 Å². The molecule has 0 aliphatic rings. The minimum Gasteiger partial charge on any atom is -0.493 e. The molecule has 3 rings (SSSR count). The quantitative estimate of drug-likeness (QED) is 0.395. The molecule has 3 aromatic rings. The average molecular weight is 550 g/mol. The third kappa shape index (κ3) is 6.45. The van der Waals surface area contributed by atoms with Gasteiger partial charge < -0.3 is 9.47 Å². The Balaban J connectivity index is 1.53. The van der Waals surface area contributed by atoms with E-state index in [0.29, 0.717) is 29.6 Å². The summed E-state index contributed by atoms with van der Waals surface area (Å²) >= 11 is 6.97. The number of carbonyl (C=O) groups is 2. The predicted octanol–water partition coefficient (Wildman–Crippen LogP) is 5.24. The van der Waals surface area contributed by atoms with Crippen LogP contribution in [0.2, 0.25) is 0 Å². The Morgan fingerprint density at radius 1 is 0.968 bits per heavy atom. The zero-order valence-electron chi connectivity index (χ0n) is 17.1. The summed E-state index contributed by atoms with van der Waals surface area (Å²) in [7, 11) is 0. The van der Waals surface area contributed by atoms with Gasteiger partial charge in [0.05, 0.1) is 11.1 Å². The van der Waals surface area contributed by atoms with E-state index >= 15 is 0 Å². The van der Waals surface area contributed by atoms with Crippen molar-refractivity contribution >= 4 is 54.4 Å². The smallest absolute Gasteiger partial charge is 0.276 e. The lowest BCUT2D eigenvalue weighted by Crippen LogP contribution is -2.43. The van der Waals surface area contributed by atoms with E-state index in [0.717, 1.165) is 19.7 Å². The summed E-state index contributed by atoms with van der Waals surface area (Å²) in [5, 5.41) is 2.00. The highest BCUT2D eigenvalue weighted by Gasteiger charge is 2.11. The Morgan fingerprint density at radius 3 is 2.55 bits per heavy atom. The second-order valence-electron chi connectivity index (χ2n) is 7.27. The number of ether oxygens (including phenoxy) is 2. The molecule has 0 saturated carbocycles. The molecular weight excluding hydrogens is 528 g/mol. The van der Waals surface area contributed by atoms with Gasteiger partial charge in [0, 0.05) is 10.0 Å². The summed E-state index contributed by atoms with van der Waals surface area (Å²) in [6.07, 6.45) is 0. The van der Waals surface area contributed by atoms with Crippen molar-refractivity contribution in [1.82, 2.24) is 10.9 Å². The highest BCUT2D eigenvalue weighted by Crippen LogP contribution is 2.34. The molecular formula is C23H22Br2N2O4. The first kappa shape index (κ1) is 23.1. The van der Waals surface area contributed by atoms with E-state index < -0.39 is 11.8 Å². The van der Waals surface area contributed by atoms with E-state index in [1.165, 1.54) is 0 Å². The first-order valence-corrected chi connectivity index (χ1v) is 11.2. The van der Waals surface area contributed by atoms with Crippen molar-refractivity contribution < 1.29 is 19.1 Å². The first-order valence-electron chi connectivity index (χ1n) is 9.66. The Hall–Kier alpha value is -2.58. The van der Waals surface area contributed by atoms with Gasteiger partial charge in [-0.2, -0.15) is 0 Å². The van der Waals surface area contributed by atoms with Crippen molar-refractivity contribution in [1.29, 1.82) is 0 Å². The molecule has 0 unspecified atom stereocenters. The third-order valence-corrected chi connectivity index (χ3v) is 5.55. The van der Waals surface area contributed by atoms with Crippen LogP contribution in [0.1, 0.15) is 24.2 Å². The molecule has 0 radical (unpaired) electrons. The second-order valence-corrected chi connectivity index (χ2v) is 8.98. The normalized spacial score (nSPS) is 10.7. The molecule has 0 heterocycles. The fraction of sp³-hybridized carbons (Fsp3) is 0.217. The number of carbonyl (C=O) groups excluding carboxylic acids is 2. The van der Waals surface area contributed by atoms with Crippen LogP contribution in [0.4, 0.5) is 0 Å². The van der Waals surface area contributed by atoms with E-state index in [-0.39, 0.29) is 6.61 Å². The molecule has 0 aliphatic carbocycles. The Labute approximate surface area is 197 Å². The number of nitrogens with one attached hydrogen (secondary N) is 2. The van der Waals surface area contributed by atoms with E-state index in [4.69, 9.17) is 9.47 Å². The Bertz CT molecular complexity index is 1100. The summed E-state index contributed by atoms with van der Waals surface area (Å²) in [6, 6.07) is 16.4. The van der Waals surface area contributed by atoms with Crippen molar-refractivity contribution in [2.24, 2.45) is 5.92 Å². The zero-order chi connectivity index (χ0) is 22.4. The van der Waals surface area contributed by atoms with Gasteiger partial charge in [-0.15, -0.1) is 0 Å². The highest BCUT2D eigenvalue weighted by atomic mass is 79.9. The molecule has 162 valence electrons. The van der Waals surface area contributed by atoms with Crippen LogP contribution in [0.25, 0.3) is 10.8 Å². The molecule has 0 aliphatic heterocycles. The molecule has 6 nitrogen and oxygen atoms in total. The molecule has 2 N–H and O–H groups in total. The fourth-order valence-electron chi connectivity index (χ4n) is 2.72. The fourth-order valence-corrected chi connectivity index (χ4v) is 3.71. The van der Waals surface area contributed by atoms with Gasteiger partial charge in [0.2, 0.25) is 0 Å². The number of halogens is 2. The summed E-state index contributed by atoms with van der Waals surface area (Å²) in [6.45, 7) is 4.40.